The molecule has 2 aromatic rings. The predicted molar refractivity (Wildman–Crippen MR) is 102 cm³/mol. The van der Waals surface area contributed by atoms with E-state index in [2.05, 4.69) is 5.32 Å². The molecule has 0 aliphatic carbocycles. The molecule has 0 spiro atoms. The lowest BCUT2D eigenvalue weighted by atomic mass is 10.1. The zero-order valence-electron chi connectivity index (χ0n) is 14.8. The van der Waals surface area contributed by atoms with Gasteiger partial charge in [-0.15, -0.1) is 0 Å². The minimum Gasteiger partial charge on any atom is -0.484 e. The van der Waals surface area contributed by atoms with Gasteiger partial charge in [0, 0.05) is 11.6 Å². The summed E-state index contributed by atoms with van der Waals surface area (Å²) >= 11 is 5.80. The molecule has 0 unspecified atom stereocenters. The van der Waals surface area contributed by atoms with Crippen molar-refractivity contribution in [3.8, 4) is 5.75 Å². The van der Waals surface area contributed by atoms with Crippen molar-refractivity contribution in [2.24, 2.45) is 0 Å². The molecule has 27 heavy (non-hydrogen) atoms. The number of nitrogens with one attached hydrogen (secondary N) is 1. The molecule has 0 radical (unpaired) electrons. The minimum atomic E-state index is -0.355. The molecule has 1 saturated heterocycles. The van der Waals surface area contributed by atoms with Gasteiger partial charge >= 0.3 is 0 Å². The Morgan fingerprint density at radius 1 is 1.15 bits per heavy atom. The molecule has 7 heteroatoms. The van der Waals surface area contributed by atoms with E-state index < -0.39 is 0 Å². The predicted octanol–water partition coefficient (Wildman–Crippen LogP) is 2.44. The van der Waals surface area contributed by atoms with E-state index in [-0.39, 0.29) is 31.1 Å². The molecule has 6 nitrogen and oxygen atoms in total. The van der Waals surface area contributed by atoms with Crippen LogP contribution in [0.4, 0.5) is 0 Å². The number of hydrogen-bond donors (Lipinski definition) is 1. The second-order valence-electron chi connectivity index (χ2n) is 6.13. The van der Waals surface area contributed by atoms with Crippen LogP contribution in [0.5, 0.6) is 5.75 Å². The minimum absolute atomic E-state index is 0.0652. The Kier molecular flexibility index (Phi) is 6.68. The second kappa shape index (κ2) is 9.39. The molecule has 0 aromatic heterocycles. The summed E-state index contributed by atoms with van der Waals surface area (Å²) in [5, 5.41) is 3.19. The number of benzene rings is 2. The molecule has 1 aliphatic rings. The summed E-state index contributed by atoms with van der Waals surface area (Å²) in [6.07, 6.45) is -0.146. The Balaban J connectivity index is 1.43. The molecule has 142 valence electrons. The molecule has 2 aromatic carbocycles. The molecular formula is C20H21ClN2O4. The maximum atomic E-state index is 12.4. The molecule has 0 saturated carbocycles. The highest BCUT2D eigenvalue weighted by Crippen LogP contribution is 2.21. The summed E-state index contributed by atoms with van der Waals surface area (Å²) in [4.78, 5) is 26.0. The van der Waals surface area contributed by atoms with Crippen molar-refractivity contribution < 1.29 is 19.1 Å². The highest BCUT2D eigenvalue weighted by molar-refractivity contribution is 6.30. The number of carbonyl (C=O) groups is 2. The second-order valence-corrected chi connectivity index (χ2v) is 6.57. The number of halogens is 1. The third kappa shape index (κ3) is 5.70. The first-order chi connectivity index (χ1) is 13.1. The number of hydrogen-bond acceptors (Lipinski definition) is 4. The van der Waals surface area contributed by atoms with E-state index in [4.69, 9.17) is 21.1 Å². The Hall–Kier alpha value is -2.57. The van der Waals surface area contributed by atoms with Gasteiger partial charge in [-0.3, -0.25) is 9.59 Å². The van der Waals surface area contributed by atoms with Crippen molar-refractivity contribution >= 4 is 23.4 Å². The van der Waals surface area contributed by atoms with Gasteiger partial charge in [-0.1, -0.05) is 41.9 Å². The number of morpholine rings is 1. The summed E-state index contributed by atoms with van der Waals surface area (Å²) < 4.78 is 11.1. The quantitative estimate of drug-likeness (QED) is 0.825. The van der Waals surface area contributed by atoms with Crippen LogP contribution in [0.1, 0.15) is 11.7 Å². The van der Waals surface area contributed by atoms with Gasteiger partial charge in [0.25, 0.3) is 5.91 Å². The number of nitrogens with zero attached hydrogens (tertiary/aromatic N) is 1. The summed E-state index contributed by atoms with van der Waals surface area (Å²) in [6, 6.07) is 16.5. The van der Waals surface area contributed by atoms with E-state index in [9.17, 15) is 9.59 Å². The van der Waals surface area contributed by atoms with Gasteiger partial charge < -0.3 is 19.7 Å². The zero-order chi connectivity index (χ0) is 19.1. The van der Waals surface area contributed by atoms with E-state index in [1.165, 1.54) is 0 Å². The summed E-state index contributed by atoms with van der Waals surface area (Å²) in [5.41, 5.74) is 1.04. The number of ether oxygens (including phenoxy) is 2. The van der Waals surface area contributed by atoms with Crippen molar-refractivity contribution in [3.05, 3.63) is 65.2 Å². The van der Waals surface area contributed by atoms with Crippen LogP contribution in [0.3, 0.4) is 0 Å². The van der Waals surface area contributed by atoms with Crippen molar-refractivity contribution in [1.82, 2.24) is 10.2 Å². The highest BCUT2D eigenvalue weighted by Gasteiger charge is 2.25. The molecule has 3 rings (SSSR count). The van der Waals surface area contributed by atoms with Crippen molar-refractivity contribution in [3.63, 3.8) is 0 Å². The smallest absolute Gasteiger partial charge is 0.258 e. The first kappa shape index (κ1) is 19.2. The van der Waals surface area contributed by atoms with Crippen LogP contribution in [-0.4, -0.2) is 49.6 Å². The topological polar surface area (TPSA) is 67.9 Å². The number of rotatable bonds is 6. The van der Waals surface area contributed by atoms with Crippen LogP contribution in [0.15, 0.2) is 54.6 Å². The van der Waals surface area contributed by atoms with Crippen molar-refractivity contribution in [2.75, 3.05) is 32.8 Å². The number of carbonyl (C=O) groups excluding carboxylic acids is 2. The summed E-state index contributed by atoms with van der Waals surface area (Å²) in [7, 11) is 0. The standard InChI is InChI=1S/C20H21ClN2O4/c21-16-6-8-17(9-7-16)27-14-19(24)22-12-20(25)23-10-11-26-18(13-23)15-4-2-1-3-5-15/h1-9,18H,10-14H2,(H,22,24)/t18-/m1/s1. The summed E-state index contributed by atoms with van der Waals surface area (Å²) in [5.74, 6) is 0.0463. The highest BCUT2D eigenvalue weighted by atomic mass is 35.5. The molecule has 2 amide bonds. The van der Waals surface area contributed by atoms with Gasteiger partial charge in [0.2, 0.25) is 5.91 Å². The summed E-state index contributed by atoms with van der Waals surface area (Å²) in [6.45, 7) is 1.23. The van der Waals surface area contributed by atoms with Crippen LogP contribution < -0.4 is 10.1 Å². The Morgan fingerprint density at radius 3 is 2.63 bits per heavy atom. The first-order valence-corrected chi connectivity index (χ1v) is 9.09. The van der Waals surface area contributed by atoms with Crippen LogP contribution >= 0.6 is 11.6 Å². The Labute approximate surface area is 163 Å². The fourth-order valence-corrected chi connectivity index (χ4v) is 2.89. The fraction of sp³-hybridized carbons (Fsp3) is 0.300. The Morgan fingerprint density at radius 2 is 1.89 bits per heavy atom. The molecule has 0 bridgehead atoms. The lowest BCUT2D eigenvalue weighted by molar-refractivity contribution is -0.139. The molecular weight excluding hydrogens is 368 g/mol. The lowest BCUT2D eigenvalue weighted by Crippen LogP contribution is -2.47. The largest absolute Gasteiger partial charge is 0.484 e. The molecule has 1 atom stereocenters. The molecule has 1 fully saturated rings. The van der Waals surface area contributed by atoms with Gasteiger partial charge in [-0.25, -0.2) is 0 Å². The first-order valence-electron chi connectivity index (χ1n) is 8.71. The van der Waals surface area contributed by atoms with Gasteiger partial charge in [0.1, 0.15) is 11.9 Å². The van der Waals surface area contributed by atoms with E-state index in [0.717, 1.165) is 5.56 Å². The Bertz CT molecular complexity index is 767. The van der Waals surface area contributed by atoms with Crippen LogP contribution in [0.2, 0.25) is 5.02 Å². The van der Waals surface area contributed by atoms with Crippen LogP contribution in [0.25, 0.3) is 0 Å². The molecule has 1 aliphatic heterocycles. The molecule has 1 heterocycles. The lowest BCUT2D eigenvalue weighted by Gasteiger charge is -2.33. The molecule has 1 N–H and O–H groups in total. The van der Waals surface area contributed by atoms with Gasteiger partial charge in [0.15, 0.2) is 6.61 Å². The number of amides is 2. The zero-order valence-corrected chi connectivity index (χ0v) is 15.5. The van der Waals surface area contributed by atoms with Crippen molar-refractivity contribution in [2.45, 2.75) is 6.10 Å². The van der Waals surface area contributed by atoms with Gasteiger partial charge in [0.05, 0.1) is 19.7 Å². The third-order valence-electron chi connectivity index (χ3n) is 4.21. The van der Waals surface area contributed by atoms with E-state index in [0.29, 0.717) is 30.5 Å². The monoisotopic (exact) mass is 388 g/mol. The van der Waals surface area contributed by atoms with Crippen molar-refractivity contribution in [1.29, 1.82) is 0 Å². The fourth-order valence-electron chi connectivity index (χ4n) is 2.76. The van der Waals surface area contributed by atoms with E-state index >= 15 is 0 Å². The van der Waals surface area contributed by atoms with Crippen LogP contribution in [0, 0.1) is 0 Å². The van der Waals surface area contributed by atoms with Crippen LogP contribution in [-0.2, 0) is 14.3 Å². The average Bonchev–Trinajstić information content (AvgIpc) is 2.72. The average molecular weight is 389 g/mol. The van der Waals surface area contributed by atoms with E-state index in [1.54, 1.807) is 29.2 Å². The maximum absolute atomic E-state index is 12.4. The van der Waals surface area contributed by atoms with Gasteiger partial charge in [-0.05, 0) is 29.8 Å². The SMILES string of the molecule is O=C(COc1ccc(Cl)cc1)NCC(=O)N1CCO[C@@H](c2ccccc2)C1. The van der Waals surface area contributed by atoms with Gasteiger partial charge in [-0.2, -0.15) is 0 Å². The third-order valence-corrected chi connectivity index (χ3v) is 4.46. The normalized spacial score (nSPS) is 16.6. The van der Waals surface area contributed by atoms with E-state index in [1.807, 2.05) is 30.3 Å². The maximum Gasteiger partial charge on any atom is 0.258 e.